The molecular formula is C22H28N2O5S. The Balaban J connectivity index is 1.87. The highest BCUT2D eigenvalue weighted by Crippen LogP contribution is 2.34. The Kier molecular flexibility index (Phi) is 6.67. The van der Waals surface area contributed by atoms with Crippen LogP contribution in [0.1, 0.15) is 36.7 Å². The molecule has 1 aliphatic heterocycles. The van der Waals surface area contributed by atoms with Gasteiger partial charge in [0.15, 0.2) is 11.5 Å². The van der Waals surface area contributed by atoms with Gasteiger partial charge >= 0.3 is 0 Å². The monoisotopic (exact) mass is 432 g/mol. The summed E-state index contributed by atoms with van der Waals surface area (Å²) >= 11 is 0. The fraction of sp³-hybridized carbons (Fsp3) is 0.409. The van der Waals surface area contributed by atoms with Gasteiger partial charge in [-0.25, -0.2) is 8.42 Å². The lowest BCUT2D eigenvalue weighted by Gasteiger charge is -2.26. The van der Waals surface area contributed by atoms with Crippen LogP contribution in [0.2, 0.25) is 0 Å². The average Bonchev–Trinajstić information content (AvgIpc) is 2.76. The van der Waals surface area contributed by atoms with Gasteiger partial charge in [-0.15, -0.1) is 0 Å². The molecule has 0 spiro atoms. The van der Waals surface area contributed by atoms with Crippen LogP contribution in [0, 0.1) is 0 Å². The summed E-state index contributed by atoms with van der Waals surface area (Å²) in [5.41, 5.74) is 1.18. The molecule has 0 unspecified atom stereocenters. The molecule has 8 heteroatoms. The maximum absolute atomic E-state index is 13.2. The number of amides is 1. The first-order chi connectivity index (χ1) is 14.3. The van der Waals surface area contributed by atoms with E-state index in [0.29, 0.717) is 43.4 Å². The van der Waals surface area contributed by atoms with E-state index in [9.17, 15) is 13.2 Å². The highest BCUT2D eigenvalue weighted by molar-refractivity contribution is 7.89. The first-order valence-corrected chi connectivity index (χ1v) is 11.4. The number of benzene rings is 2. The highest BCUT2D eigenvalue weighted by atomic mass is 32.2. The topological polar surface area (TPSA) is 76.1 Å². The molecule has 0 radical (unpaired) electrons. The Labute approximate surface area is 178 Å². The lowest BCUT2D eigenvalue weighted by atomic mass is 10.1. The molecule has 0 saturated carbocycles. The van der Waals surface area contributed by atoms with Gasteiger partial charge in [0.1, 0.15) is 13.2 Å². The summed E-state index contributed by atoms with van der Waals surface area (Å²) in [7, 11) is -2.14. The molecule has 0 bridgehead atoms. The Bertz CT molecular complexity index is 1020. The Hall–Kier alpha value is -2.58. The van der Waals surface area contributed by atoms with E-state index < -0.39 is 10.0 Å². The zero-order valence-corrected chi connectivity index (χ0v) is 18.6. The van der Waals surface area contributed by atoms with Crippen molar-refractivity contribution in [2.24, 2.45) is 0 Å². The van der Waals surface area contributed by atoms with Gasteiger partial charge in [0.05, 0.1) is 4.90 Å². The molecule has 1 amide bonds. The minimum atomic E-state index is -3.67. The van der Waals surface area contributed by atoms with Gasteiger partial charge in [-0.1, -0.05) is 18.2 Å². The third kappa shape index (κ3) is 4.44. The molecule has 1 heterocycles. The number of carbonyl (C=O) groups is 1. The molecule has 7 nitrogen and oxygen atoms in total. The maximum Gasteiger partial charge on any atom is 0.254 e. The molecular weight excluding hydrogens is 404 g/mol. The van der Waals surface area contributed by atoms with Crippen molar-refractivity contribution < 1.29 is 22.7 Å². The number of sulfonamides is 1. The van der Waals surface area contributed by atoms with Crippen LogP contribution in [0.4, 0.5) is 0 Å². The molecule has 0 N–H and O–H groups in total. The minimum Gasteiger partial charge on any atom is -0.486 e. The first-order valence-electron chi connectivity index (χ1n) is 10.0. The summed E-state index contributed by atoms with van der Waals surface area (Å²) < 4.78 is 38.3. The van der Waals surface area contributed by atoms with Crippen LogP contribution >= 0.6 is 0 Å². The first kappa shape index (κ1) is 22.1. The second kappa shape index (κ2) is 9.06. The lowest BCUT2D eigenvalue weighted by Crippen LogP contribution is -2.33. The van der Waals surface area contributed by atoms with Crippen LogP contribution in [0.15, 0.2) is 47.4 Å². The fourth-order valence-corrected chi connectivity index (χ4v) is 4.62. The standard InChI is InChI=1S/C22H28N2O5S/c1-5-24(15-18-9-7-11-20-21(18)29-13-12-28-20)22(25)17-8-6-10-19(14-17)30(26,27)23(4)16(2)3/h6-11,14,16H,5,12-13,15H2,1-4H3. The van der Waals surface area contributed by atoms with E-state index in [1.807, 2.05) is 25.1 Å². The van der Waals surface area contributed by atoms with Crippen LogP contribution in [-0.2, 0) is 16.6 Å². The molecule has 0 aliphatic carbocycles. The van der Waals surface area contributed by atoms with Crippen LogP contribution < -0.4 is 9.47 Å². The lowest BCUT2D eigenvalue weighted by molar-refractivity contribution is 0.0749. The Morgan fingerprint density at radius 1 is 1.10 bits per heavy atom. The summed E-state index contributed by atoms with van der Waals surface area (Å²) in [5, 5.41) is 0. The molecule has 1 aliphatic rings. The normalized spacial score (nSPS) is 13.5. The van der Waals surface area contributed by atoms with Gasteiger partial charge in [-0.3, -0.25) is 4.79 Å². The van der Waals surface area contributed by atoms with Crippen LogP contribution in [0.3, 0.4) is 0 Å². The SMILES string of the molecule is CCN(Cc1cccc2c1OCCO2)C(=O)c1cccc(S(=O)(=O)N(C)C(C)C)c1. The molecule has 0 atom stereocenters. The molecule has 162 valence electrons. The van der Waals surface area contributed by atoms with E-state index >= 15 is 0 Å². The molecule has 0 saturated heterocycles. The predicted molar refractivity (Wildman–Crippen MR) is 114 cm³/mol. The highest BCUT2D eigenvalue weighted by Gasteiger charge is 2.25. The van der Waals surface area contributed by atoms with E-state index in [2.05, 4.69) is 0 Å². The summed E-state index contributed by atoms with van der Waals surface area (Å²) in [6.07, 6.45) is 0. The van der Waals surface area contributed by atoms with Gasteiger partial charge in [0, 0.05) is 37.3 Å². The summed E-state index contributed by atoms with van der Waals surface area (Å²) in [4.78, 5) is 14.9. The minimum absolute atomic E-state index is 0.106. The van der Waals surface area contributed by atoms with Crippen molar-refractivity contribution in [3.05, 3.63) is 53.6 Å². The molecule has 2 aromatic rings. The smallest absolute Gasteiger partial charge is 0.254 e. The molecule has 0 fully saturated rings. The van der Waals surface area contributed by atoms with Gasteiger partial charge in [-0.05, 0) is 45.0 Å². The third-order valence-electron chi connectivity index (χ3n) is 5.16. The fourth-order valence-electron chi connectivity index (χ4n) is 3.21. The Morgan fingerprint density at radius 3 is 2.50 bits per heavy atom. The van der Waals surface area contributed by atoms with E-state index in [-0.39, 0.29) is 16.8 Å². The van der Waals surface area contributed by atoms with Crippen molar-refractivity contribution in [3.8, 4) is 11.5 Å². The van der Waals surface area contributed by atoms with Gasteiger partial charge < -0.3 is 14.4 Å². The van der Waals surface area contributed by atoms with E-state index in [1.165, 1.54) is 23.5 Å². The molecule has 2 aromatic carbocycles. The largest absolute Gasteiger partial charge is 0.486 e. The van der Waals surface area contributed by atoms with Gasteiger partial charge in [0.2, 0.25) is 10.0 Å². The summed E-state index contributed by atoms with van der Waals surface area (Å²) in [6.45, 7) is 7.26. The summed E-state index contributed by atoms with van der Waals surface area (Å²) in [6, 6.07) is 11.6. The van der Waals surface area contributed by atoms with Crippen molar-refractivity contribution in [2.45, 2.75) is 38.3 Å². The van der Waals surface area contributed by atoms with Gasteiger partial charge in [-0.2, -0.15) is 4.31 Å². The second-order valence-corrected chi connectivity index (χ2v) is 9.40. The zero-order chi connectivity index (χ0) is 21.9. The number of fused-ring (bicyclic) bond motifs is 1. The van der Waals surface area contributed by atoms with Crippen molar-refractivity contribution in [1.29, 1.82) is 0 Å². The molecule has 3 rings (SSSR count). The zero-order valence-electron chi connectivity index (χ0n) is 17.8. The average molecular weight is 433 g/mol. The quantitative estimate of drug-likeness (QED) is 0.672. The van der Waals surface area contributed by atoms with E-state index in [1.54, 1.807) is 30.9 Å². The Morgan fingerprint density at radius 2 is 1.80 bits per heavy atom. The van der Waals surface area contributed by atoms with E-state index in [4.69, 9.17) is 9.47 Å². The number of carbonyl (C=O) groups excluding carboxylic acids is 1. The number of hydrogen-bond acceptors (Lipinski definition) is 5. The van der Waals surface area contributed by atoms with Gasteiger partial charge in [0.25, 0.3) is 5.91 Å². The van der Waals surface area contributed by atoms with Crippen LogP contribution in [0.5, 0.6) is 11.5 Å². The maximum atomic E-state index is 13.2. The van der Waals surface area contributed by atoms with Crippen molar-refractivity contribution in [2.75, 3.05) is 26.8 Å². The van der Waals surface area contributed by atoms with Crippen LogP contribution in [-0.4, -0.2) is 56.4 Å². The number of hydrogen-bond donors (Lipinski definition) is 0. The molecule has 30 heavy (non-hydrogen) atoms. The number of para-hydroxylation sites is 1. The summed E-state index contributed by atoms with van der Waals surface area (Å²) in [5.74, 6) is 1.09. The number of nitrogens with zero attached hydrogens (tertiary/aromatic N) is 2. The third-order valence-corrected chi connectivity index (χ3v) is 7.19. The molecule has 0 aromatic heterocycles. The predicted octanol–water partition coefficient (Wildman–Crippen LogP) is 3.15. The van der Waals surface area contributed by atoms with E-state index in [0.717, 1.165) is 5.56 Å². The number of ether oxygens (including phenoxy) is 2. The second-order valence-electron chi connectivity index (χ2n) is 7.40. The van der Waals surface area contributed by atoms with Crippen molar-refractivity contribution >= 4 is 15.9 Å². The van der Waals surface area contributed by atoms with Crippen molar-refractivity contribution in [3.63, 3.8) is 0 Å². The van der Waals surface area contributed by atoms with Crippen LogP contribution in [0.25, 0.3) is 0 Å². The number of rotatable bonds is 7. The van der Waals surface area contributed by atoms with Crippen molar-refractivity contribution in [1.82, 2.24) is 9.21 Å².